The summed E-state index contributed by atoms with van der Waals surface area (Å²) in [6.45, 7) is 0. The number of halogens is 5. The molecule has 1 aliphatic heterocycles. The van der Waals surface area contributed by atoms with Crippen molar-refractivity contribution in [1.29, 1.82) is 0 Å². The normalized spacial score (nSPS) is 23.7. The molecule has 3 aliphatic rings. The molecule has 39 heavy (non-hydrogen) atoms. The van der Waals surface area contributed by atoms with E-state index < -0.39 is 68.6 Å². The van der Waals surface area contributed by atoms with E-state index >= 15 is 0 Å². The quantitative estimate of drug-likeness (QED) is 0.533. The predicted octanol–water partition coefficient (Wildman–Crippen LogP) is 3.83. The summed E-state index contributed by atoms with van der Waals surface area (Å²) in [5.74, 6) is -5.24. The number of alkyl halides is 3. The number of piperidine rings is 1. The van der Waals surface area contributed by atoms with Gasteiger partial charge >= 0.3 is 6.18 Å². The lowest BCUT2D eigenvalue weighted by molar-refractivity contribution is -0.140. The number of hydrogen-bond donors (Lipinski definition) is 1. The minimum absolute atomic E-state index is 0.0202. The molecular weight excluding hydrogens is 547 g/mol. The summed E-state index contributed by atoms with van der Waals surface area (Å²) in [6, 6.07) is 3.21. The number of benzene rings is 2. The number of carbonyl (C=O) groups excluding carboxylic acids is 3. The van der Waals surface area contributed by atoms with Gasteiger partial charge in [0.25, 0.3) is 5.91 Å². The zero-order valence-corrected chi connectivity index (χ0v) is 21.3. The van der Waals surface area contributed by atoms with Crippen LogP contribution in [0.1, 0.15) is 53.2 Å². The molecule has 0 bridgehead atoms. The number of nitrogens with one attached hydrogen (secondary N) is 1. The van der Waals surface area contributed by atoms with Gasteiger partial charge in [-0.15, -0.1) is 0 Å². The summed E-state index contributed by atoms with van der Waals surface area (Å²) >= 11 is 0. The third kappa shape index (κ3) is 5.15. The third-order valence-electron chi connectivity index (χ3n) is 7.63. The maximum Gasteiger partial charge on any atom is 0.419 e. The van der Waals surface area contributed by atoms with Gasteiger partial charge in [-0.25, -0.2) is 17.2 Å². The Labute approximate surface area is 220 Å². The van der Waals surface area contributed by atoms with Crippen molar-refractivity contribution in [2.24, 2.45) is 11.8 Å². The van der Waals surface area contributed by atoms with Gasteiger partial charge in [0.05, 0.1) is 16.5 Å². The van der Waals surface area contributed by atoms with E-state index in [-0.39, 0.29) is 53.5 Å². The molecule has 1 heterocycles. The summed E-state index contributed by atoms with van der Waals surface area (Å²) in [6.07, 6.45) is -3.38. The van der Waals surface area contributed by atoms with E-state index in [0.717, 1.165) is 6.26 Å². The van der Waals surface area contributed by atoms with E-state index in [2.05, 4.69) is 5.32 Å². The van der Waals surface area contributed by atoms with Crippen molar-refractivity contribution in [1.82, 2.24) is 10.2 Å². The standard InChI is InChI=1S/C26H23F5N2O5S/c1-39(37,38)16-4-2-3-12(7-16)25(36)33-21-8-13(21)9-22(33)24(35)32-23(14-5-15(34)6-14)17-10-20(28)18(11-19(17)27)26(29,30)31/h2-4,7,10-11,13-14,21-23H,5-6,8-9H2,1H3,(H,32,35)/t13-,21-,22-,23?/m1/s1. The van der Waals surface area contributed by atoms with Gasteiger partial charge in [0.15, 0.2) is 9.84 Å². The summed E-state index contributed by atoms with van der Waals surface area (Å²) in [5.41, 5.74) is -2.25. The number of fused-ring (bicyclic) bond motifs is 1. The zero-order chi connectivity index (χ0) is 28.4. The van der Waals surface area contributed by atoms with Crippen LogP contribution in [-0.4, -0.2) is 49.3 Å². The molecule has 208 valence electrons. The summed E-state index contributed by atoms with van der Waals surface area (Å²) in [5, 5.41) is 2.57. The van der Waals surface area contributed by atoms with Crippen LogP contribution < -0.4 is 5.32 Å². The molecule has 1 unspecified atom stereocenters. The SMILES string of the molecule is CS(=O)(=O)c1cccc(C(=O)N2[C@@H](C(=O)NC(c3cc(F)c(C(F)(F)F)cc3F)C3CC(=O)C3)C[C@H]3C[C@H]32)c1. The Kier molecular flexibility index (Phi) is 6.55. The second kappa shape index (κ2) is 9.39. The molecule has 5 rings (SSSR count). The highest BCUT2D eigenvalue weighted by Crippen LogP contribution is 2.49. The van der Waals surface area contributed by atoms with Crippen LogP contribution in [0, 0.1) is 23.5 Å². The monoisotopic (exact) mass is 570 g/mol. The zero-order valence-electron chi connectivity index (χ0n) is 20.5. The van der Waals surface area contributed by atoms with E-state index in [4.69, 9.17) is 0 Å². The van der Waals surface area contributed by atoms with Crippen LogP contribution in [-0.2, 0) is 25.6 Å². The molecule has 2 aromatic carbocycles. The molecule has 3 fully saturated rings. The number of ketones is 1. The van der Waals surface area contributed by atoms with E-state index in [0.29, 0.717) is 12.5 Å². The van der Waals surface area contributed by atoms with Crippen molar-refractivity contribution in [3.63, 3.8) is 0 Å². The van der Waals surface area contributed by atoms with Crippen LogP contribution in [0.25, 0.3) is 0 Å². The Morgan fingerprint density at radius 2 is 1.74 bits per heavy atom. The van der Waals surface area contributed by atoms with Crippen LogP contribution in [0.5, 0.6) is 0 Å². The first-order chi connectivity index (χ1) is 18.1. The van der Waals surface area contributed by atoms with Crippen LogP contribution in [0.3, 0.4) is 0 Å². The third-order valence-corrected chi connectivity index (χ3v) is 8.74. The van der Waals surface area contributed by atoms with Crippen molar-refractivity contribution in [2.75, 3.05) is 6.26 Å². The topological polar surface area (TPSA) is 101 Å². The van der Waals surface area contributed by atoms with Crippen molar-refractivity contribution in [3.8, 4) is 0 Å². The Hall–Kier alpha value is -3.35. The maximum absolute atomic E-state index is 14.9. The van der Waals surface area contributed by atoms with E-state index in [1.54, 1.807) is 0 Å². The van der Waals surface area contributed by atoms with Gasteiger partial charge in [-0.3, -0.25) is 14.4 Å². The molecule has 1 N–H and O–H groups in total. The summed E-state index contributed by atoms with van der Waals surface area (Å²) < 4.78 is 92.3. The van der Waals surface area contributed by atoms with Crippen LogP contribution in [0.15, 0.2) is 41.3 Å². The largest absolute Gasteiger partial charge is 0.419 e. The Morgan fingerprint density at radius 1 is 1.05 bits per heavy atom. The molecule has 0 aromatic heterocycles. The van der Waals surface area contributed by atoms with Crippen molar-refractivity contribution in [2.45, 2.75) is 54.9 Å². The van der Waals surface area contributed by atoms with Crippen molar-refractivity contribution in [3.05, 3.63) is 64.7 Å². The number of nitrogens with zero attached hydrogens (tertiary/aromatic N) is 1. The van der Waals surface area contributed by atoms with Gasteiger partial charge in [-0.05, 0) is 55.0 Å². The van der Waals surface area contributed by atoms with Crippen molar-refractivity contribution >= 4 is 27.4 Å². The molecule has 2 aromatic rings. The lowest BCUT2D eigenvalue weighted by atomic mass is 9.75. The summed E-state index contributed by atoms with van der Waals surface area (Å²) in [7, 11) is -3.61. The fraction of sp³-hybridized carbons (Fsp3) is 0.423. The molecule has 2 aliphatic carbocycles. The number of amides is 2. The maximum atomic E-state index is 14.9. The average molecular weight is 571 g/mol. The first kappa shape index (κ1) is 27.2. The van der Waals surface area contributed by atoms with E-state index in [1.165, 1.54) is 29.2 Å². The highest BCUT2D eigenvalue weighted by molar-refractivity contribution is 7.90. The minimum Gasteiger partial charge on any atom is -0.347 e. The average Bonchev–Trinajstić information content (AvgIpc) is 3.49. The molecule has 13 heteroatoms. The second-order valence-corrected chi connectivity index (χ2v) is 12.4. The summed E-state index contributed by atoms with van der Waals surface area (Å²) in [4.78, 5) is 39.7. The first-order valence-corrected chi connectivity index (χ1v) is 14.0. The molecule has 2 saturated carbocycles. The van der Waals surface area contributed by atoms with Gasteiger partial charge < -0.3 is 10.2 Å². The van der Waals surface area contributed by atoms with E-state index in [1.807, 2.05) is 0 Å². The molecular formula is C26H23F5N2O5S. The number of rotatable bonds is 6. The van der Waals surface area contributed by atoms with Gasteiger partial charge in [0, 0.05) is 36.3 Å². The smallest absolute Gasteiger partial charge is 0.347 e. The molecule has 7 nitrogen and oxygen atoms in total. The van der Waals surface area contributed by atoms with Crippen molar-refractivity contribution < 1.29 is 44.8 Å². The Balaban J connectivity index is 1.43. The fourth-order valence-electron chi connectivity index (χ4n) is 5.47. The molecule has 2 amide bonds. The van der Waals surface area contributed by atoms with Gasteiger partial charge in [0.2, 0.25) is 5.91 Å². The number of carbonyl (C=O) groups is 3. The number of Topliss-reactive ketones (excluding diaryl/α,β-unsaturated/α-hetero) is 1. The van der Waals surface area contributed by atoms with Crippen LogP contribution >= 0.6 is 0 Å². The Morgan fingerprint density at radius 3 is 2.36 bits per heavy atom. The number of hydrogen-bond acceptors (Lipinski definition) is 5. The molecule has 1 saturated heterocycles. The van der Waals surface area contributed by atoms with Gasteiger partial charge in [-0.2, -0.15) is 13.2 Å². The van der Waals surface area contributed by atoms with Crippen LogP contribution in [0.2, 0.25) is 0 Å². The molecule has 0 radical (unpaired) electrons. The predicted molar refractivity (Wildman–Crippen MR) is 126 cm³/mol. The fourth-order valence-corrected chi connectivity index (χ4v) is 6.14. The number of likely N-dealkylation sites (tertiary alicyclic amines) is 1. The second-order valence-electron chi connectivity index (χ2n) is 10.4. The van der Waals surface area contributed by atoms with Crippen LogP contribution in [0.4, 0.5) is 22.0 Å². The molecule has 4 atom stereocenters. The highest BCUT2D eigenvalue weighted by atomic mass is 32.2. The lowest BCUT2D eigenvalue weighted by Crippen LogP contribution is -2.50. The Bertz CT molecular complexity index is 1480. The minimum atomic E-state index is -5.13. The van der Waals surface area contributed by atoms with Gasteiger partial charge in [-0.1, -0.05) is 6.07 Å². The first-order valence-electron chi connectivity index (χ1n) is 12.2. The number of sulfone groups is 1. The highest BCUT2D eigenvalue weighted by Gasteiger charge is 2.56. The molecule has 0 spiro atoms. The lowest BCUT2D eigenvalue weighted by Gasteiger charge is -2.36. The van der Waals surface area contributed by atoms with E-state index in [9.17, 15) is 44.8 Å². The van der Waals surface area contributed by atoms with Gasteiger partial charge in [0.1, 0.15) is 23.5 Å².